The summed E-state index contributed by atoms with van der Waals surface area (Å²) in [5, 5.41) is 1.43. The molecule has 25 heavy (non-hydrogen) atoms. The van der Waals surface area contributed by atoms with E-state index >= 15 is 0 Å². The topological polar surface area (TPSA) is 62.7 Å². The highest BCUT2D eigenvalue weighted by Crippen LogP contribution is 2.41. The number of carbonyl (C=O) groups is 2. The number of methoxy groups -OCH3 is 1. The summed E-state index contributed by atoms with van der Waals surface area (Å²) in [6, 6.07) is 1.47. The van der Waals surface area contributed by atoms with Crippen LogP contribution in [0.3, 0.4) is 0 Å². The van der Waals surface area contributed by atoms with Crippen molar-refractivity contribution in [2.24, 2.45) is 0 Å². The number of fused-ring (bicyclic) bond motifs is 3. The van der Waals surface area contributed by atoms with Crippen molar-refractivity contribution in [3.8, 4) is 5.75 Å². The van der Waals surface area contributed by atoms with Crippen molar-refractivity contribution in [2.75, 3.05) is 13.7 Å². The van der Waals surface area contributed by atoms with Gasteiger partial charge in [0.1, 0.15) is 10.8 Å². The van der Waals surface area contributed by atoms with E-state index in [0.717, 1.165) is 16.5 Å². The fraction of sp³-hybridized carbons (Fsp3) is 0.353. The van der Waals surface area contributed by atoms with Gasteiger partial charge >= 0.3 is 6.03 Å². The number of hydrogen-bond acceptors (Lipinski definition) is 4. The number of amides is 3. The van der Waals surface area contributed by atoms with E-state index in [9.17, 15) is 9.59 Å². The molecule has 0 unspecified atom stereocenters. The van der Waals surface area contributed by atoms with Gasteiger partial charge in [-0.15, -0.1) is 0 Å². The number of hydrogen-bond donors (Lipinski definition) is 0. The van der Waals surface area contributed by atoms with Gasteiger partial charge in [0.2, 0.25) is 5.91 Å². The molecule has 3 amide bonds. The van der Waals surface area contributed by atoms with E-state index < -0.39 is 0 Å². The van der Waals surface area contributed by atoms with Gasteiger partial charge in [-0.2, -0.15) is 0 Å². The Morgan fingerprint density at radius 3 is 2.64 bits per heavy atom. The van der Waals surface area contributed by atoms with Crippen molar-refractivity contribution in [3.63, 3.8) is 0 Å². The highest BCUT2D eigenvalue weighted by molar-refractivity contribution is 6.46. The average molecular weight is 382 g/mol. The minimum atomic E-state index is -0.314. The van der Waals surface area contributed by atoms with Crippen LogP contribution >= 0.6 is 23.2 Å². The highest BCUT2D eigenvalue weighted by Gasteiger charge is 2.30. The maximum atomic E-state index is 12.6. The van der Waals surface area contributed by atoms with Crippen molar-refractivity contribution < 1.29 is 14.3 Å². The summed E-state index contributed by atoms with van der Waals surface area (Å²) in [6.45, 7) is 4.25. The Morgan fingerprint density at radius 2 is 2.04 bits per heavy atom. The molecule has 1 aromatic carbocycles. The zero-order valence-electron chi connectivity index (χ0n) is 14.1. The second kappa shape index (κ2) is 6.69. The van der Waals surface area contributed by atoms with Crippen LogP contribution in [0.4, 0.5) is 4.79 Å². The predicted molar refractivity (Wildman–Crippen MR) is 96.0 cm³/mol. The first-order valence-electron chi connectivity index (χ1n) is 7.78. The summed E-state index contributed by atoms with van der Waals surface area (Å²) in [6.07, 6.45) is 1.70. The number of benzene rings is 1. The monoisotopic (exact) mass is 381 g/mol. The van der Waals surface area contributed by atoms with Gasteiger partial charge in [0.05, 0.1) is 17.6 Å². The molecular formula is C17H17Cl2N3O3. The molecule has 0 radical (unpaired) electrons. The van der Waals surface area contributed by atoms with Gasteiger partial charge in [-0.3, -0.25) is 14.7 Å². The third-order valence-corrected chi connectivity index (χ3v) is 5.18. The van der Waals surface area contributed by atoms with Gasteiger partial charge in [-0.25, -0.2) is 4.79 Å². The molecule has 0 fully saturated rings. The summed E-state index contributed by atoms with van der Waals surface area (Å²) in [5.74, 6) is 0.181. The van der Waals surface area contributed by atoms with E-state index in [1.807, 2.05) is 0 Å². The lowest BCUT2D eigenvalue weighted by Crippen LogP contribution is -2.43. The summed E-state index contributed by atoms with van der Waals surface area (Å²) < 4.78 is 5.28. The van der Waals surface area contributed by atoms with E-state index in [-0.39, 0.29) is 11.9 Å². The molecule has 8 heteroatoms. The largest absolute Gasteiger partial charge is 0.495 e. The average Bonchev–Trinajstić information content (AvgIpc) is 3.02. The Kier molecular flexibility index (Phi) is 4.75. The molecule has 0 atom stereocenters. The number of aromatic nitrogens is 1. The summed E-state index contributed by atoms with van der Waals surface area (Å²) in [7, 11) is 1.52. The van der Waals surface area contributed by atoms with Gasteiger partial charge in [-0.1, -0.05) is 23.2 Å². The van der Waals surface area contributed by atoms with Gasteiger partial charge in [0.25, 0.3) is 0 Å². The standard InChI is InChI=1S/C17H17Cl2N3O3/c1-4-22(9(2)23)17(24)21-7-10-6-20-16-11(12(10)8-21)5-13(25-3)14(18)15(16)19/h5-6H,4,7-8H2,1-3H3. The van der Waals surface area contributed by atoms with E-state index in [1.54, 1.807) is 24.1 Å². The Bertz CT molecular complexity index is 885. The summed E-state index contributed by atoms with van der Waals surface area (Å²) in [5.41, 5.74) is 2.43. The number of carbonyl (C=O) groups excluding carboxylic acids is 2. The molecule has 1 aliphatic rings. The molecular weight excluding hydrogens is 365 g/mol. The Morgan fingerprint density at radius 1 is 1.32 bits per heavy atom. The van der Waals surface area contributed by atoms with Crippen LogP contribution in [0.25, 0.3) is 10.9 Å². The number of halogens is 2. The van der Waals surface area contributed by atoms with Crippen molar-refractivity contribution in [3.05, 3.63) is 33.4 Å². The number of ether oxygens (including phenoxy) is 1. The number of imide groups is 1. The molecule has 2 heterocycles. The first-order chi connectivity index (χ1) is 11.9. The third kappa shape index (κ3) is 2.89. The van der Waals surface area contributed by atoms with Crippen LogP contribution in [0.15, 0.2) is 12.3 Å². The van der Waals surface area contributed by atoms with Crippen molar-refractivity contribution in [1.29, 1.82) is 0 Å². The van der Waals surface area contributed by atoms with E-state index in [4.69, 9.17) is 27.9 Å². The lowest BCUT2D eigenvalue weighted by molar-refractivity contribution is -0.126. The van der Waals surface area contributed by atoms with Crippen LogP contribution in [0.2, 0.25) is 10.0 Å². The van der Waals surface area contributed by atoms with Crippen molar-refractivity contribution in [2.45, 2.75) is 26.9 Å². The predicted octanol–water partition coefficient (Wildman–Crippen LogP) is 3.85. The first-order valence-corrected chi connectivity index (χ1v) is 8.54. The minimum absolute atomic E-state index is 0.275. The van der Waals surface area contributed by atoms with Gasteiger partial charge < -0.3 is 9.64 Å². The highest BCUT2D eigenvalue weighted by atomic mass is 35.5. The molecule has 6 nitrogen and oxygen atoms in total. The Hall–Kier alpha value is -2.05. The Labute approximate surface area is 155 Å². The minimum Gasteiger partial charge on any atom is -0.495 e. The summed E-state index contributed by atoms with van der Waals surface area (Å²) in [4.78, 5) is 31.5. The first kappa shape index (κ1) is 17.8. The van der Waals surface area contributed by atoms with Crippen LogP contribution in [-0.2, 0) is 17.9 Å². The zero-order valence-corrected chi connectivity index (χ0v) is 15.6. The molecule has 0 bridgehead atoms. The van der Waals surface area contributed by atoms with Crippen LogP contribution < -0.4 is 4.74 Å². The smallest absolute Gasteiger partial charge is 0.327 e. The fourth-order valence-corrected chi connectivity index (χ4v) is 3.53. The number of urea groups is 1. The van der Waals surface area contributed by atoms with Crippen LogP contribution in [0.5, 0.6) is 5.75 Å². The zero-order chi connectivity index (χ0) is 18.3. The van der Waals surface area contributed by atoms with Gasteiger partial charge in [0, 0.05) is 38.1 Å². The maximum Gasteiger partial charge on any atom is 0.327 e. The lowest BCUT2D eigenvalue weighted by atomic mass is 10.1. The molecule has 2 aromatic rings. The fourth-order valence-electron chi connectivity index (χ4n) is 3.07. The molecule has 0 saturated heterocycles. The molecule has 0 N–H and O–H groups in total. The molecule has 3 rings (SSSR count). The lowest BCUT2D eigenvalue weighted by Gasteiger charge is -2.24. The normalized spacial score (nSPS) is 13.1. The van der Waals surface area contributed by atoms with Crippen molar-refractivity contribution in [1.82, 2.24) is 14.8 Å². The SMILES string of the molecule is CCN(C(C)=O)C(=O)N1Cc2cnc3c(Cl)c(Cl)c(OC)cc3c2C1. The molecule has 132 valence electrons. The second-order valence-corrected chi connectivity index (χ2v) is 6.52. The third-order valence-electron chi connectivity index (χ3n) is 4.34. The molecule has 0 saturated carbocycles. The molecule has 1 aliphatic heterocycles. The van der Waals surface area contributed by atoms with Gasteiger partial charge in [0.15, 0.2) is 0 Å². The van der Waals surface area contributed by atoms with Crippen LogP contribution in [-0.4, -0.2) is 40.4 Å². The van der Waals surface area contributed by atoms with Crippen LogP contribution in [0.1, 0.15) is 25.0 Å². The van der Waals surface area contributed by atoms with E-state index in [2.05, 4.69) is 4.98 Å². The molecule has 1 aromatic heterocycles. The maximum absolute atomic E-state index is 12.6. The number of rotatable bonds is 2. The molecule has 0 aliphatic carbocycles. The summed E-state index contributed by atoms with van der Waals surface area (Å²) >= 11 is 12.5. The van der Waals surface area contributed by atoms with E-state index in [1.165, 1.54) is 18.9 Å². The number of pyridine rings is 1. The molecule has 0 spiro atoms. The second-order valence-electron chi connectivity index (χ2n) is 5.77. The van der Waals surface area contributed by atoms with E-state index in [0.29, 0.717) is 40.9 Å². The van der Waals surface area contributed by atoms with Crippen LogP contribution in [0, 0.1) is 0 Å². The van der Waals surface area contributed by atoms with Gasteiger partial charge in [-0.05, 0) is 24.1 Å². The Balaban J connectivity index is 2.04. The number of nitrogens with zero attached hydrogens (tertiary/aromatic N) is 3. The van der Waals surface area contributed by atoms with Crippen molar-refractivity contribution >= 4 is 46.0 Å². The quantitative estimate of drug-likeness (QED) is 0.792.